The van der Waals surface area contributed by atoms with E-state index < -0.39 is 5.85 Å². The lowest BCUT2D eigenvalue weighted by molar-refractivity contribution is -0.157. The average molecular weight is 343 g/mol. The molecule has 23 heavy (non-hydrogen) atoms. The minimum atomic E-state index is -3.28. The molecule has 1 unspecified atom stereocenters. The van der Waals surface area contributed by atoms with Gasteiger partial charge in [0.15, 0.2) is 0 Å². The number of benzene rings is 1. The number of alkyl halides is 2. The van der Waals surface area contributed by atoms with Crippen LogP contribution in [0.5, 0.6) is 11.5 Å². The Bertz CT molecular complexity index is 618. The first-order valence-electron chi connectivity index (χ1n) is 7.54. The van der Waals surface area contributed by atoms with E-state index >= 15 is 0 Å². The topological polar surface area (TPSA) is 38.8 Å². The zero-order valence-electron chi connectivity index (χ0n) is 13.1. The fourth-order valence-electron chi connectivity index (χ4n) is 3.39. The van der Waals surface area contributed by atoms with Crippen LogP contribution in [0.4, 0.5) is 8.78 Å². The Morgan fingerprint density at radius 3 is 2.57 bits per heavy atom. The maximum Gasteiger partial charge on any atom is 0.408 e. The monoisotopic (exact) mass is 343 g/mol. The predicted octanol–water partition coefficient (Wildman–Crippen LogP) is 3.19. The Labute approximate surface area is 136 Å². The van der Waals surface area contributed by atoms with Gasteiger partial charge in [0.2, 0.25) is 5.91 Å². The minimum Gasteiger partial charge on any atom is -0.490 e. The summed E-state index contributed by atoms with van der Waals surface area (Å²) < 4.78 is 36.1. The molecule has 2 aliphatic rings. The third kappa shape index (κ3) is 3.57. The van der Waals surface area contributed by atoms with Crippen LogP contribution >= 0.6 is 9.24 Å². The summed E-state index contributed by atoms with van der Waals surface area (Å²) in [4.78, 5) is 13.1. The van der Waals surface area contributed by atoms with E-state index in [1.165, 1.54) is 15.3 Å². The van der Waals surface area contributed by atoms with Gasteiger partial charge in [-0.2, -0.15) is 8.78 Å². The van der Waals surface area contributed by atoms with Gasteiger partial charge in [0.25, 0.3) is 0 Å². The summed E-state index contributed by atoms with van der Waals surface area (Å²) in [5.41, 5.74) is 0.992. The molecule has 2 fully saturated rings. The van der Waals surface area contributed by atoms with E-state index in [2.05, 4.69) is 4.74 Å². The maximum atomic E-state index is 12.8. The number of nitrogens with zero attached hydrogens (tertiary/aromatic N) is 1. The van der Waals surface area contributed by atoms with Gasteiger partial charge in [-0.3, -0.25) is 4.79 Å². The van der Waals surface area contributed by atoms with E-state index in [1.807, 2.05) is 4.90 Å². The molecule has 0 aromatic heterocycles. The van der Waals surface area contributed by atoms with Crippen LogP contribution in [0, 0.1) is 12.3 Å². The van der Waals surface area contributed by atoms with Crippen molar-refractivity contribution < 1.29 is 23.0 Å². The van der Waals surface area contributed by atoms with Gasteiger partial charge >= 0.3 is 5.85 Å². The summed E-state index contributed by atoms with van der Waals surface area (Å²) in [6.45, 7) is 5.03. The van der Waals surface area contributed by atoms with E-state index in [-0.39, 0.29) is 23.2 Å². The highest BCUT2D eigenvalue weighted by atomic mass is 31.0. The fourth-order valence-corrected chi connectivity index (χ4v) is 3.52. The summed E-state index contributed by atoms with van der Waals surface area (Å²) >= 11 is 0. The zero-order valence-corrected chi connectivity index (χ0v) is 14.3. The van der Waals surface area contributed by atoms with Crippen molar-refractivity contribution in [2.45, 2.75) is 38.6 Å². The molecule has 1 saturated heterocycles. The van der Waals surface area contributed by atoms with Gasteiger partial charge in [-0.25, -0.2) is 0 Å². The number of carbonyl (C=O) groups excluding carboxylic acids is 1. The summed E-state index contributed by atoms with van der Waals surface area (Å²) in [6, 6.07) is 4.69. The molecule has 3 rings (SSSR count). The first-order chi connectivity index (χ1) is 10.7. The number of rotatable bonds is 4. The van der Waals surface area contributed by atoms with Gasteiger partial charge in [0, 0.05) is 25.4 Å². The highest BCUT2D eigenvalue weighted by Crippen LogP contribution is 2.49. The molecule has 7 heteroatoms. The van der Waals surface area contributed by atoms with Gasteiger partial charge in [-0.15, -0.1) is 0 Å². The Morgan fingerprint density at radius 1 is 1.39 bits per heavy atom. The third-order valence-electron chi connectivity index (χ3n) is 4.51. The zero-order chi connectivity index (χ0) is 16.8. The van der Waals surface area contributed by atoms with Gasteiger partial charge < -0.3 is 14.4 Å². The number of carbonyl (C=O) groups is 1. The van der Waals surface area contributed by atoms with Crippen molar-refractivity contribution in [3.05, 3.63) is 23.8 Å². The van der Waals surface area contributed by atoms with Gasteiger partial charge in [0.05, 0.1) is 0 Å². The second kappa shape index (κ2) is 5.59. The van der Waals surface area contributed by atoms with Gasteiger partial charge in [-0.05, 0) is 52.8 Å². The number of hydrogen-bond donors (Lipinski definition) is 0. The smallest absolute Gasteiger partial charge is 0.408 e. The highest BCUT2D eigenvalue weighted by Gasteiger charge is 2.54. The molecule has 1 aromatic rings. The molecule has 1 atom stereocenters. The van der Waals surface area contributed by atoms with Crippen molar-refractivity contribution in [3.63, 3.8) is 0 Å². The summed E-state index contributed by atoms with van der Waals surface area (Å²) in [5.74, 6) is -2.36. The largest absolute Gasteiger partial charge is 0.490 e. The van der Waals surface area contributed by atoms with Crippen molar-refractivity contribution in [1.82, 2.24) is 4.90 Å². The molecule has 1 aliphatic carbocycles. The van der Waals surface area contributed by atoms with Crippen LogP contribution in [0.15, 0.2) is 18.2 Å². The van der Waals surface area contributed by atoms with Crippen molar-refractivity contribution >= 4 is 15.1 Å². The second-order valence-electron chi connectivity index (χ2n) is 6.61. The van der Waals surface area contributed by atoms with Crippen molar-refractivity contribution in [2.75, 3.05) is 13.1 Å². The molecule has 1 spiro atoms. The first-order valence-corrected chi connectivity index (χ1v) is 8.12. The van der Waals surface area contributed by atoms with Crippen LogP contribution in [-0.4, -0.2) is 35.9 Å². The molecular weight excluding hydrogens is 323 g/mol. The average Bonchev–Trinajstić information content (AvgIpc) is 2.30. The summed E-state index contributed by atoms with van der Waals surface area (Å²) in [6.07, 6.45) is 1.98. The van der Waals surface area contributed by atoms with Crippen molar-refractivity contribution in [2.24, 2.45) is 5.41 Å². The Morgan fingerprint density at radius 2 is 2.04 bits per heavy atom. The molecule has 4 nitrogen and oxygen atoms in total. The van der Waals surface area contributed by atoms with Gasteiger partial charge in [0.1, 0.15) is 17.6 Å². The van der Waals surface area contributed by atoms with E-state index in [4.69, 9.17) is 4.74 Å². The van der Waals surface area contributed by atoms with Crippen molar-refractivity contribution in [1.29, 1.82) is 0 Å². The van der Waals surface area contributed by atoms with Crippen LogP contribution in [0.2, 0.25) is 0 Å². The van der Waals surface area contributed by atoms with Crippen LogP contribution in [0.3, 0.4) is 0 Å². The molecule has 1 aliphatic heterocycles. The molecule has 1 heterocycles. The molecule has 0 bridgehead atoms. The Balaban J connectivity index is 1.53. The third-order valence-corrected chi connectivity index (χ3v) is 4.63. The lowest BCUT2D eigenvalue weighted by Gasteiger charge is -2.58. The summed E-state index contributed by atoms with van der Waals surface area (Å²) in [7, 11) is 1.35. The van der Waals surface area contributed by atoms with Crippen LogP contribution in [-0.2, 0) is 4.79 Å². The molecule has 0 N–H and O–H groups in total. The summed E-state index contributed by atoms with van der Waals surface area (Å²) in [5, 5.41) is 0. The van der Waals surface area contributed by atoms with E-state index in [0.29, 0.717) is 5.75 Å². The van der Waals surface area contributed by atoms with E-state index in [9.17, 15) is 13.6 Å². The van der Waals surface area contributed by atoms with Crippen LogP contribution < -0.4 is 9.47 Å². The predicted molar refractivity (Wildman–Crippen MR) is 84.8 cm³/mol. The number of hydrogen-bond acceptors (Lipinski definition) is 3. The second-order valence-corrected chi connectivity index (χ2v) is 7.29. The lowest BCUT2D eigenvalue weighted by Crippen LogP contribution is -2.65. The molecule has 1 saturated carbocycles. The standard InChI is InChI=1S/C16H20F2NO3P/c1-10-5-12(22-16(17,18)23)3-4-14(10)21-13-6-15(7-13)8-19(9-15)11(2)20/h3-5,13H,6-9,23H2,1-2H3. The Hall–Kier alpha value is -1.42. The molecular formula is C16H20F2NO3P. The van der Waals surface area contributed by atoms with Crippen molar-refractivity contribution in [3.8, 4) is 11.5 Å². The normalized spacial score (nSPS) is 20.0. The number of halogens is 2. The SMILES string of the molecule is CC(=O)N1CC2(CC(Oc3ccc(OC(F)(F)P)cc3C)C2)C1. The van der Waals surface area contributed by atoms with E-state index in [1.54, 1.807) is 26.0 Å². The van der Waals surface area contributed by atoms with Crippen LogP contribution in [0.25, 0.3) is 0 Å². The number of ether oxygens (including phenoxy) is 2. The lowest BCUT2D eigenvalue weighted by atomic mass is 9.61. The molecule has 126 valence electrons. The molecule has 1 amide bonds. The van der Waals surface area contributed by atoms with E-state index in [0.717, 1.165) is 31.5 Å². The Kier molecular flexibility index (Phi) is 3.99. The highest BCUT2D eigenvalue weighted by molar-refractivity contribution is 7.17. The van der Waals surface area contributed by atoms with Crippen LogP contribution in [0.1, 0.15) is 25.3 Å². The molecule has 1 aromatic carbocycles. The maximum absolute atomic E-state index is 12.8. The van der Waals surface area contributed by atoms with Gasteiger partial charge in [-0.1, -0.05) is 0 Å². The number of likely N-dealkylation sites (tertiary alicyclic amines) is 1. The number of aryl methyl sites for hydroxylation is 1. The quantitative estimate of drug-likeness (QED) is 0.788. The number of amides is 1. The molecule has 0 radical (unpaired) electrons. The first kappa shape index (κ1) is 16.4. The minimum absolute atomic E-state index is 0.107. The fraction of sp³-hybridized carbons (Fsp3) is 0.562.